The summed E-state index contributed by atoms with van der Waals surface area (Å²) in [6.45, 7) is 1.76. The highest BCUT2D eigenvalue weighted by Gasteiger charge is 2.15. The van der Waals surface area contributed by atoms with Crippen molar-refractivity contribution in [2.75, 3.05) is 19.0 Å². The molecule has 0 fully saturated rings. The number of fused-ring (bicyclic) bond motifs is 1. The first-order chi connectivity index (χ1) is 11.1. The molecule has 2 aromatic heterocycles. The molecule has 0 aliphatic rings. The first kappa shape index (κ1) is 14.9. The summed E-state index contributed by atoms with van der Waals surface area (Å²) in [7, 11) is 3.39. The summed E-state index contributed by atoms with van der Waals surface area (Å²) >= 11 is 0. The van der Waals surface area contributed by atoms with Gasteiger partial charge in [-0.3, -0.25) is 9.89 Å². The minimum atomic E-state index is -0.283. The molecular weight excluding hydrogens is 298 g/mol. The molecular formula is C15H17N5O3. The third-order valence-corrected chi connectivity index (χ3v) is 3.41. The van der Waals surface area contributed by atoms with E-state index in [1.54, 1.807) is 43.1 Å². The molecule has 0 aliphatic carbocycles. The lowest BCUT2D eigenvalue weighted by Crippen LogP contribution is -2.20. The van der Waals surface area contributed by atoms with E-state index in [9.17, 15) is 4.79 Å². The number of aromatic amines is 1. The van der Waals surface area contributed by atoms with Gasteiger partial charge in [0, 0.05) is 7.05 Å². The number of nitrogens with zero attached hydrogens (tertiary/aromatic N) is 3. The number of aryl methyl sites for hydroxylation is 2. The number of aromatic nitrogens is 4. The SMILES string of the molecule is COc1ccc(OCC(=O)Nc2[nH]nc3c2c(C)nn3C)cc1. The van der Waals surface area contributed by atoms with Crippen molar-refractivity contribution in [2.45, 2.75) is 6.92 Å². The van der Waals surface area contributed by atoms with Gasteiger partial charge in [0.15, 0.2) is 12.3 Å². The van der Waals surface area contributed by atoms with Crippen molar-refractivity contribution in [3.05, 3.63) is 30.0 Å². The second-order valence-corrected chi connectivity index (χ2v) is 5.02. The quantitative estimate of drug-likeness (QED) is 0.746. The van der Waals surface area contributed by atoms with Crippen LogP contribution in [0.1, 0.15) is 5.69 Å². The fourth-order valence-corrected chi connectivity index (χ4v) is 2.32. The van der Waals surface area contributed by atoms with Gasteiger partial charge in [0.25, 0.3) is 5.91 Å². The number of carbonyl (C=O) groups is 1. The van der Waals surface area contributed by atoms with Crippen molar-refractivity contribution in [3.8, 4) is 11.5 Å². The number of carbonyl (C=O) groups excluding carboxylic acids is 1. The molecule has 0 bridgehead atoms. The van der Waals surface area contributed by atoms with Crippen LogP contribution in [0.2, 0.25) is 0 Å². The standard InChI is InChI=1S/C15H17N5O3/c1-9-13-14(17-18-15(13)20(2)19-9)16-12(21)8-23-11-6-4-10(22-3)5-7-11/h4-7H,8H2,1-3H3,(H2,16,17,18,21). The molecule has 120 valence electrons. The molecule has 0 radical (unpaired) electrons. The Balaban J connectivity index is 1.64. The second-order valence-electron chi connectivity index (χ2n) is 5.02. The molecule has 1 amide bonds. The summed E-state index contributed by atoms with van der Waals surface area (Å²) in [5, 5.41) is 14.8. The Bertz CT molecular complexity index is 835. The van der Waals surface area contributed by atoms with Crippen LogP contribution >= 0.6 is 0 Å². The number of amides is 1. The van der Waals surface area contributed by atoms with Crippen molar-refractivity contribution < 1.29 is 14.3 Å². The summed E-state index contributed by atoms with van der Waals surface area (Å²) < 4.78 is 12.2. The Morgan fingerprint density at radius 3 is 2.70 bits per heavy atom. The van der Waals surface area contributed by atoms with Crippen LogP contribution in [0.15, 0.2) is 24.3 Å². The summed E-state index contributed by atoms with van der Waals surface area (Å²) in [5.41, 5.74) is 1.48. The Morgan fingerprint density at radius 2 is 2.00 bits per heavy atom. The highest BCUT2D eigenvalue weighted by Crippen LogP contribution is 2.23. The maximum absolute atomic E-state index is 12.0. The molecule has 0 unspecified atom stereocenters. The van der Waals surface area contributed by atoms with Gasteiger partial charge in [-0.25, -0.2) is 4.68 Å². The molecule has 3 aromatic rings. The third kappa shape index (κ3) is 2.96. The fraction of sp³-hybridized carbons (Fsp3) is 0.267. The Morgan fingerprint density at radius 1 is 1.30 bits per heavy atom. The van der Waals surface area contributed by atoms with E-state index in [0.29, 0.717) is 17.2 Å². The number of benzene rings is 1. The molecule has 0 saturated carbocycles. The topological polar surface area (TPSA) is 94.1 Å². The highest BCUT2D eigenvalue weighted by atomic mass is 16.5. The Hall–Kier alpha value is -3.03. The maximum atomic E-state index is 12.0. The maximum Gasteiger partial charge on any atom is 0.263 e. The number of nitrogens with one attached hydrogen (secondary N) is 2. The minimum absolute atomic E-state index is 0.105. The smallest absolute Gasteiger partial charge is 0.263 e. The van der Waals surface area contributed by atoms with Crippen LogP contribution in [0, 0.1) is 6.92 Å². The number of anilines is 1. The van der Waals surface area contributed by atoms with Crippen molar-refractivity contribution in [1.82, 2.24) is 20.0 Å². The molecule has 0 atom stereocenters. The normalized spacial score (nSPS) is 10.7. The van der Waals surface area contributed by atoms with Crippen LogP contribution in [0.5, 0.6) is 11.5 Å². The Kier molecular flexibility index (Phi) is 3.88. The molecule has 1 aromatic carbocycles. The van der Waals surface area contributed by atoms with Gasteiger partial charge in [0.05, 0.1) is 18.2 Å². The van der Waals surface area contributed by atoms with Crippen LogP contribution in [-0.4, -0.2) is 39.6 Å². The summed E-state index contributed by atoms with van der Waals surface area (Å²) in [6.07, 6.45) is 0. The minimum Gasteiger partial charge on any atom is -0.497 e. The van der Waals surface area contributed by atoms with E-state index in [1.165, 1.54) is 0 Å². The zero-order chi connectivity index (χ0) is 16.4. The van der Waals surface area contributed by atoms with Gasteiger partial charge in [-0.1, -0.05) is 0 Å². The number of ether oxygens (including phenoxy) is 2. The van der Waals surface area contributed by atoms with Crippen molar-refractivity contribution in [3.63, 3.8) is 0 Å². The zero-order valence-corrected chi connectivity index (χ0v) is 13.1. The van der Waals surface area contributed by atoms with Gasteiger partial charge in [0.2, 0.25) is 0 Å². The van der Waals surface area contributed by atoms with Gasteiger partial charge >= 0.3 is 0 Å². The number of hydrogen-bond donors (Lipinski definition) is 2. The van der Waals surface area contributed by atoms with Gasteiger partial charge in [-0.05, 0) is 31.2 Å². The molecule has 2 N–H and O–H groups in total. The van der Waals surface area contributed by atoms with E-state index in [0.717, 1.165) is 16.8 Å². The highest BCUT2D eigenvalue weighted by molar-refractivity contribution is 6.00. The number of H-pyrrole nitrogens is 1. The van der Waals surface area contributed by atoms with Gasteiger partial charge in [0.1, 0.15) is 17.3 Å². The summed E-state index contributed by atoms with van der Waals surface area (Å²) in [5.74, 6) is 1.56. The molecule has 3 rings (SSSR count). The number of methoxy groups -OCH3 is 1. The number of hydrogen-bond acceptors (Lipinski definition) is 5. The molecule has 23 heavy (non-hydrogen) atoms. The van der Waals surface area contributed by atoms with Crippen molar-refractivity contribution >= 4 is 22.8 Å². The van der Waals surface area contributed by atoms with Crippen LogP contribution in [0.25, 0.3) is 11.0 Å². The van der Waals surface area contributed by atoms with Gasteiger partial charge < -0.3 is 14.8 Å². The first-order valence-electron chi connectivity index (χ1n) is 7.03. The van der Waals surface area contributed by atoms with Gasteiger partial charge in [-0.2, -0.15) is 10.2 Å². The second kappa shape index (κ2) is 5.99. The van der Waals surface area contributed by atoms with E-state index in [-0.39, 0.29) is 12.5 Å². The average molecular weight is 315 g/mol. The molecule has 0 aliphatic heterocycles. The van der Waals surface area contributed by atoms with Crippen LogP contribution in [-0.2, 0) is 11.8 Å². The zero-order valence-electron chi connectivity index (χ0n) is 13.1. The lowest BCUT2D eigenvalue weighted by Gasteiger charge is -2.07. The van der Waals surface area contributed by atoms with Crippen LogP contribution in [0.4, 0.5) is 5.82 Å². The molecule has 8 nitrogen and oxygen atoms in total. The molecule has 0 spiro atoms. The molecule has 8 heteroatoms. The van der Waals surface area contributed by atoms with Crippen molar-refractivity contribution in [1.29, 1.82) is 0 Å². The third-order valence-electron chi connectivity index (χ3n) is 3.41. The number of rotatable bonds is 5. The monoisotopic (exact) mass is 315 g/mol. The van der Waals surface area contributed by atoms with E-state index in [4.69, 9.17) is 9.47 Å². The average Bonchev–Trinajstić information content (AvgIpc) is 3.08. The molecule has 2 heterocycles. The van der Waals surface area contributed by atoms with Gasteiger partial charge in [-0.15, -0.1) is 0 Å². The summed E-state index contributed by atoms with van der Waals surface area (Å²) in [6, 6.07) is 7.02. The predicted molar refractivity (Wildman–Crippen MR) is 84.7 cm³/mol. The fourth-order valence-electron chi connectivity index (χ4n) is 2.32. The van der Waals surface area contributed by atoms with Crippen LogP contribution in [0.3, 0.4) is 0 Å². The summed E-state index contributed by atoms with van der Waals surface area (Å²) in [4.78, 5) is 12.0. The lowest BCUT2D eigenvalue weighted by molar-refractivity contribution is -0.118. The Labute approximate surface area is 132 Å². The lowest BCUT2D eigenvalue weighted by atomic mass is 10.3. The van der Waals surface area contributed by atoms with Crippen LogP contribution < -0.4 is 14.8 Å². The van der Waals surface area contributed by atoms with E-state index in [1.807, 2.05) is 6.92 Å². The largest absolute Gasteiger partial charge is 0.497 e. The van der Waals surface area contributed by atoms with E-state index >= 15 is 0 Å². The molecule has 0 saturated heterocycles. The van der Waals surface area contributed by atoms with E-state index in [2.05, 4.69) is 20.6 Å². The van der Waals surface area contributed by atoms with E-state index < -0.39 is 0 Å². The van der Waals surface area contributed by atoms with Crippen molar-refractivity contribution in [2.24, 2.45) is 7.05 Å². The predicted octanol–water partition coefficient (Wildman–Crippen LogP) is 1.63. The first-order valence-corrected chi connectivity index (χ1v) is 7.03.